The molecule has 0 saturated carbocycles. The third-order valence-electron chi connectivity index (χ3n) is 1.50. The van der Waals surface area contributed by atoms with Crippen molar-refractivity contribution in [3.05, 3.63) is 0 Å². The lowest BCUT2D eigenvalue weighted by atomic mass is 10.3. The quantitative estimate of drug-likeness (QED) is 0.633. The first-order valence-electron chi connectivity index (χ1n) is 4.35. The van der Waals surface area contributed by atoms with Crippen LogP contribution in [0.5, 0.6) is 0 Å². The van der Waals surface area contributed by atoms with E-state index in [1.807, 2.05) is 7.05 Å². The lowest BCUT2D eigenvalue weighted by Gasteiger charge is -2.06. The summed E-state index contributed by atoms with van der Waals surface area (Å²) in [4.78, 5) is 0. The topological polar surface area (TPSA) is 21.3 Å². The molecule has 2 nitrogen and oxygen atoms in total. The molecule has 0 aliphatic rings. The molecule has 5 heteroatoms. The van der Waals surface area contributed by atoms with Gasteiger partial charge < -0.3 is 10.1 Å². The van der Waals surface area contributed by atoms with Crippen LogP contribution in [-0.2, 0) is 4.74 Å². The molecule has 0 atom stereocenters. The molecule has 0 radical (unpaired) electrons. The monoisotopic (exact) mass is 199 g/mol. The van der Waals surface area contributed by atoms with Gasteiger partial charge in [0.2, 0.25) is 0 Å². The van der Waals surface area contributed by atoms with E-state index in [1.54, 1.807) is 0 Å². The molecule has 0 heterocycles. The average Bonchev–Trinajstić information content (AvgIpc) is 2.01. The summed E-state index contributed by atoms with van der Waals surface area (Å²) in [5.41, 5.74) is 0. The normalized spacial score (nSPS) is 12.0. The molecular weight excluding hydrogens is 183 g/mol. The van der Waals surface area contributed by atoms with Crippen LogP contribution < -0.4 is 5.32 Å². The highest BCUT2D eigenvalue weighted by Gasteiger charge is 2.26. The summed E-state index contributed by atoms with van der Waals surface area (Å²) in [6.07, 6.45) is -3.20. The number of rotatable bonds is 7. The molecule has 0 amide bonds. The predicted molar refractivity (Wildman–Crippen MR) is 44.7 cm³/mol. The van der Waals surface area contributed by atoms with Gasteiger partial charge in [0.15, 0.2) is 0 Å². The van der Waals surface area contributed by atoms with Crippen molar-refractivity contribution in [3.63, 3.8) is 0 Å². The highest BCUT2D eigenvalue weighted by atomic mass is 19.4. The highest BCUT2D eigenvalue weighted by molar-refractivity contribution is 4.48. The maximum Gasteiger partial charge on any atom is 0.391 e. The van der Waals surface area contributed by atoms with Crippen LogP contribution in [0, 0.1) is 0 Å². The Labute approximate surface area is 76.5 Å². The van der Waals surface area contributed by atoms with Crippen molar-refractivity contribution in [3.8, 4) is 0 Å². The molecule has 0 aromatic heterocycles. The zero-order valence-electron chi connectivity index (χ0n) is 7.78. The van der Waals surface area contributed by atoms with E-state index < -0.39 is 12.6 Å². The Morgan fingerprint density at radius 2 is 1.85 bits per heavy atom. The Bertz CT molecular complexity index is 116. The fourth-order valence-corrected chi connectivity index (χ4v) is 0.796. The van der Waals surface area contributed by atoms with Gasteiger partial charge in [0.05, 0.1) is 13.0 Å². The van der Waals surface area contributed by atoms with Gasteiger partial charge in [-0.25, -0.2) is 0 Å². The summed E-state index contributed by atoms with van der Waals surface area (Å²) in [6.45, 7) is 1.07. The molecule has 0 aliphatic carbocycles. The molecule has 13 heavy (non-hydrogen) atoms. The molecule has 0 spiro atoms. The Kier molecular flexibility index (Phi) is 6.99. The minimum absolute atomic E-state index is 0.219. The van der Waals surface area contributed by atoms with Gasteiger partial charge in [0.25, 0.3) is 0 Å². The summed E-state index contributed by atoms with van der Waals surface area (Å²) < 4.78 is 39.6. The summed E-state index contributed by atoms with van der Waals surface area (Å²) in [5.74, 6) is 0. The van der Waals surface area contributed by atoms with Crippen LogP contribution >= 0.6 is 0 Å². The first-order valence-corrected chi connectivity index (χ1v) is 4.35. The number of hydrogen-bond acceptors (Lipinski definition) is 2. The molecule has 1 N–H and O–H groups in total. The van der Waals surface area contributed by atoms with E-state index >= 15 is 0 Å². The van der Waals surface area contributed by atoms with Crippen LogP contribution in [0.15, 0.2) is 0 Å². The highest BCUT2D eigenvalue weighted by Crippen LogP contribution is 2.18. The van der Waals surface area contributed by atoms with Crippen LogP contribution in [0.25, 0.3) is 0 Å². The van der Waals surface area contributed by atoms with E-state index in [-0.39, 0.29) is 6.61 Å². The number of halogens is 3. The second-order valence-electron chi connectivity index (χ2n) is 2.79. The van der Waals surface area contributed by atoms with E-state index in [0.717, 1.165) is 19.4 Å². The van der Waals surface area contributed by atoms with Crippen LogP contribution in [-0.4, -0.2) is 33.0 Å². The van der Waals surface area contributed by atoms with Gasteiger partial charge in [-0.3, -0.25) is 0 Å². The molecule has 0 aliphatic heterocycles. The molecule has 0 aromatic carbocycles. The second-order valence-corrected chi connectivity index (χ2v) is 2.79. The van der Waals surface area contributed by atoms with Crippen molar-refractivity contribution in [2.24, 2.45) is 0 Å². The zero-order chi connectivity index (χ0) is 10.2. The molecule has 0 bridgehead atoms. The molecule has 0 rings (SSSR count). The molecule has 0 unspecified atom stereocenters. The maximum absolute atomic E-state index is 11.6. The van der Waals surface area contributed by atoms with Crippen LogP contribution in [0.1, 0.15) is 19.3 Å². The van der Waals surface area contributed by atoms with Gasteiger partial charge >= 0.3 is 6.18 Å². The predicted octanol–water partition coefficient (Wildman–Crippen LogP) is 1.96. The number of hydrogen-bond donors (Lipinski definition) is 1. The maximum atomic E-state index is 11.6. The third-order valence-corrected chi connectivity index (χ3v) is 1.50. The third kappa shape index (κ3) is 11.7. The van der Waals surface area contributed by atoms with Crippen molar-refractivity contribution in [1.82, 2.24) is 5.32 Å². The van der Waals surface area contributed by atoms with E-state index in [2.05, 4.69) is 5.32 Å². The molecule has 0 aromatic rings. The summed E-state index contributed by atoms with van der Waals surface area (Å²) in [7, 11) is 1.84. The first-order chi connectivity index (χ1) is 6.06. The summed E-state index contributed by atoms with van der Waals surface area (Å²) >= 11 is 0. The van der Waals surface area contributed by atoms with Gasteiger partial charge in [0, 0.05) is 6.61 Å². The van der Waals surface area contributed by atoms with Gasteiger partial charge in [-0.05, 0) is 26.4 Å². The Morgan fingerprint density at radius 1 is 1.15 bits per heavy atom. The van der Waals surface area contributed by atoms with Crippen LogP contribution in [0.2, 0.25) is 0 Å². The van der Waals surface area contributed by atoms with Crippen LogP contribution in [0.4, 0.5) is 13.2 Å². The van der Waals surface area contributed by atoms with Crippen molar-refractivity contribution in [2.45, 2.75) is 25.4 Å². The largest absolute Gasteiger partial charge is 0.391 e. The lowest BCUT2D eigenvalue weighted by molar-refractivity contribution is -0.145. The van der Waals surface area contributed by atoms with Crippen LogP contribution in [0.3, 0.4) is 0 Å². The lowest BCUT2D eigenvalue weighted by Crippen LogP contribution is -2.12. The number of nitrogens with one attached hydrogen (secondary N) is 1. The minimum atomic E-state index is -4.09. The van der Waals surface area contributed by atoms with Gasteiger partial charge in [-0.2, -0.15) is 13.2 Å². The zero-order valence-corrected chi connectivity index (χ0v) is 7.78. The molecule has 80 valence electrons. The molecule has 0 fully saturated rings. The first kappa shape index (κ1) is 12.7. The Hall–Kier alpha value is -0.290. The second kappa shape index (κ2) is 7.15. The van der Waals surface area contributed by atoms with E-state index in [0.29, 0.717) is 6.61 Å². The van der Waals surface area contributed by atoms with Crippen molar-refractivity contribution < 1.29 is 17.9 Å². The van der Waals surface area contributed by atoms with E-state index in [1.165, 1.54) is 0 Å². The summed E-state index contributed by atoms with van der Waals surface area (Å²) in [5, 5.41) is 2.95. The van der Waals surface area contributed by atoms with Crippen molar-refractivity contribution in [1.29, 1.82) is 0 Å². The Balaban J connectivity index is 3.00. The van der Waals surface area contributed by atoms with Crippen molar-refractivity contribution in [2.75, 3.05) is 26.8 Å². The van der Waals surface area contributed by atoms with Crippen molar-refractivity contribution >= 4 is 0 Å². The Morgan fingerprint density at radius 3 is 2.38 bits per heavy atom. The van der Waals surface area contributed by atoms with E-state index in [4.69, 9.17) is 4.74 Å². The number of ether oxygens (including phenoxy) is 1. The fourth-order valence-electron chi connectivity index (χ4n) is 0.796. The fraction of sp³-hybridized carbons (Fsp3) is 1.00. The summed E-state index contributed by atoms with van der Waals surface area (Å²) in [6, 6.07) is 0. The smallest absolute Gasteiger partial charge is 0.381 e. The average molecular weight is 199 g/mol. The van der Waals surface area contributed by atoms with Gasteiger partial charge in [0.1, 0.15) is 0 Å². The van der Waals surface area contributed by atoms with Gasteiger partial charge in [-0.1, -0.05) is 0 Å². The number of unbranched alkanes of at least 4 members (excludes halogenated alkanes) is 1. The van der Waals surface area contributed by atoms with Gasteiger partial charge in [-0.15, -0.1) is 0 Å². The number of alkyl halides is 3. The molecule has 0 saturated heterocycles. The standard InChI is InChI=1S/C8H16F3NO/c1-12-5-2-3-6-13-7-4-8(9,10)11/h12H,2-7H2,1H3. The SMILES string of the molecule is CNCCCCOCCC(F)(F)F. The molecular formula is C8H16F3NO. The minimum Gasteiger partial charge on any atom is -0.381 e. The van der Waals surface area contributed by atoms with E-state index in [9.17, 15) is 13.2 Å².